The van der Waals surface area contributed by atoms with E-state index in [0.717, 1.165) is 75.0 Å². The Morgan fingerprint density at radius 2 is 1.73 bits per heavy atom. The van der Waals surface area contributed by atoms with E-state index in [-0.39, 0.29) is 23.2 Å². The molecule has 210 valence electrons. The number of ether oxygens (including phenoxy) is 2. The maximum Gasteiger partial charge on any atom is 0.421 e. The molecule has 0 amide bonds. The Morgan fingerprint density at radius 1 is 1.05 bits per heavy atom. The zero-order chi connectivity index (χ0) is 28.1. The summed E-state index contributed by atoms with van der Waals surface area (Å²) >= 11 is 12.9. The molecule has 3 aromatic heterocycles. The molecule has 4 aliphatic rings. The van der Waals surface area contributed by atoms with Gasteiger partial charge in [-0.1, -0.05) is 28.4 Å². The van der Waals surface area contributed by atoms with Crippen LogP contribution in [0.25, 0.3) is 11.3 Å². The molecule has 0 saturated heterocycles. The summed E-state index contributed by atoms with van der Waals surface area (Å²) in [6, 6.07) is 2.48. The van der Waals surface area contributed by atoms with E-state index < -0.39 is 17.6 Å². The Hall–Kier alpha value is -2.87. The van der Waals surface area contributed by atoms with Gasteiger partial charge in [0.05, 0.1) is 34.4 Å². The van der Waals surface area contributed by atoms with Gasteiger partial charge in [0.25, 0.3) is 0 Å². The average molecular weight is 593 g/mol. The molecule has 0 N–H and O–H groups in total. The zero-order valence-corrected chi connectivity index (χ0v) is 22.9. The van der Waals surface area contributed by atoms with Crippen LogP contribution < -0.4 is 4.74 Å². The van der Waals surface area contributed by atoms with Gasteiger partial charge in [0, 0.05) is 41.1 Å². The van der Waals surface area contributed by atoms with E-state index in [9.17, 15) is 13.2 Å². The zero-order valence-electron chi connectivity index (χ0n) is 21.4. The summed E-state index contributed by atoms with van der Waals surface area (Å²) in [6.45, 7) is 0.430. The van der Waals surface area contributed by atoms with Crippen LogP contribution >= 0.6 is 23.2 Å². The van der Waals surface area contributed by atoms with Crippen LogP contribution in [0.3, 0.4) is 0 Å². The Kier molecular flexibility index (Phi) is 6.96. The number of halogens is 5. The summed E-state index contributed by atoms with van der Waals surface area (Å²) in [5.74, 6) is 0.623. The van der Waals surface area contributed by atoms with Crippen LogP contribution in [0, 0.1) is 16.7 Å². The third-order valence-electron chi connectivity index (χ3n) is 8.51. The molecule has 0 unspecified atom stereocenters. The van der Waals surface area contributed by atoms with Crippen molar-refractivity contribution in [2.45, 2.75) is 75.7 Å². The number of hydrogen-bond donors (Lipinski definition) is 0. The van der Waals surface area contributed by atoms with E-state index in [1.54, 1.807) is 6.07 Å². The number of hydrogen-bond acceptors (Lipinski definition) is 7. The van der Waals surface area contributed by atoms with E-state index in [2.05, 4.69) is 15.1 Å². The molecule has 4 saturated carbocycles. The molecule has 40 heavy (non-hydrogen) atoms. The van der Waals surface area contributed by atoms with Crippen LogP contribution in [-0.4, -0.2) is 27.3 Å². The molecule has 0 atom stereocenters. The lowest BCUT2D eigenvalue weighted by molar-refractivity contribution is -0.152. The first kappa shape index (κ1) is 27.3. The van der Waals surface area contributed by atoms with Gasteiger partial charge >= 0.3 is 6.18 Å². The normalized spacial score (nSPS) is 24.2. The molecule has 4 aliphatic carbocycles. The monoisotopic (exact) mass is 592 g/mol. The van der Waals surface area contributed by atoms with Gasteiger partial charge in [-0.25, -0.2) is 4.98 Å². The molecular formula is C28H25Cl2F3N4O3. The van der Waals surface area contributed by atoms with Gasteiger partial charge in [0.1, 0.15) is 23.1 Å². The number of nitriles is 1. The van der Waals surface area contributed by atoms with Gasteiger partial charge in [0.15, 0.2) is 0 Å². The second-order valence-electron chi connectivity index (χ2n) is 11.1. The van der Waals surface area contributed by atoms with Crippen LogP contribution in [0.15, 0.2) is 29.2 Å². The first-order valence-electron chi connectivity index (χ1n) is 13.1. The lowest BCUT2D eigenvalue weighted by atomic mass is 9.59. The van der Waals surface area contributed by atoms with Crippen LogP contribution in [-0.2, 0) is 17.5 Å². The molecule has 0 aliphatic heterocycles. The van der Waals surface area contributed by atoms with Crippen molar-refractivity contribution < 1.29 is 27.2 Å². The fourth-order valence-electron chi connectivity index (χ4n) is 5.90. The highest BCUT2D eigenvalue weighted by Gasteiger charge is 2.50. The summed E-state index contributed by atoms with van der Waals surface area (Å²) in [4.78, 5) is 7.83. The number of pyridine rings is 2. The van der Waals surface area contributed by atoms with Crippen molar-refractivity contribution in [1.82, 2.24) is 15.1 Å². The van der Waals surface area contributed by atoms with Crippen molar-refractivity contribution >= 4 is 23.2 Å². The molecule has 7 nitrogen and oxygen atoms in total. The first-order valence-corrected chi connectivity index (χ1v) is 13.9. The highest BCUT2D eigenvalue weighted by molar-refractivity contribution is 6.38. The molecule has 2 bridgehead atoms. The lowest BCUT2D eigenvalue weighted by Gasteiger charge is -2.52. The second kappa shape index (κ2) is 10.2. The van der Waals surface area contributed by atoms with Gasteiger partial charge in [-0.05, 0) is 57.4 Å². The molecule has 3 aromatic rings. The van der Waals surface area contributed by atoms with Crippen LogP contribution in [0.4, 0.5) is 13.2 Å². The van der Waals surface area contributed by atoms with Crippen molar-refractivity contribution in [3.05, 3.63) is 57.2 Å². The van der Waals surface area contributed by atoms with Crippen molar-refractivity contribution in [3.8, 4) is 23.2 Å². The standard InChI is InChI=1S/C28H25Cl2F3N4O3/c29-20-12-35-13-21(30)22(20)23-18(24(40-37-23)17-1-2-17)14-39-27-6-3-26(4-7-27,5-8-27)15-38-25-19(28(31,32)33)9-16(10-34)11-36-25/h9,11-13,17H,1-8,14-15H2. The quantitative estimate of drug-likeness (QED) is 0.262. The van der Waals surface area contributed by atoms with Crippen molar-refractivity contribution in [2.24, 2.45) is 5.41 Å². The molecule has 0 spiro atoms. The van der Waals surface area contributed by atoms with E-state index in [1.807, 2.05) is 0 Å². The molecule has 3 heterocycles. The topological polar surface area (TPSA) is 94.1 Å². The summed E-state index contributed by atoms with van der Waals surface area (Å²) in [5.41, 5.74) is 0.213. The molecule has 0 radical (unpaired) electrons. The highest BCUT2D eigenvalue weighted by atomic mass is 35.5. The molecule has 12 heteroatoms. The van der Waals surface area contributed by atoms with Crippen molar-refractivity contribution in [1.29, 1.82) is 5.26 Å². The van der Waals surface area contributed by atoms with Crippen LogP contribution in [0.1, 0.15) is 79.7 Å². The van der Waals surface area contributed by atoms with E-state index >= 15 is 0 Å². The number of aromatic nitrogens is 3. The SMILES string of the molecule is N#Cc1cnc(OCC23CCC(OCc4c(-c5c(Cl)cncc5Cl)noc4C4CC4)(CC2)CC3)c(C(F)(F)F)c1. The maximum absolute atomic E-state index is 13.6. The Balaban J connectivity index is 1.15. The Labute approximate surface area is 238 Å². The lowest BCUT2D eigenvalue weighted by Crippen LogP contribution is -2.49. The van der Waals surface area contributed by atoms with E-state index in [4.69, 9.17) is 42.5 Å². The third-order valence-corrected chi connectivity index (χ3v) is 9.09. The van der Waals surface area contributed by atoms with Crippen LogP contribution in [0.5, 0.6) is 5.88 Å². The fraction of sp³-hybridized carbons (Fsp3) is 0.500. The number of fused-ring (bicyclic) bond motifs is 3. The minimum atomic E-state index is -4.67. The number of alkyl halides is 3. The van der Waals surface area contributed by atoms with Gasteiger partial charge in [-0.15, -0.1) is 0 Å². The molecular weight excluding hydrogens is 568 g/mol. The van der Waals surface area contributed by atoms with Crippen molar-refractivity contribution in [3.63, 3.8) is 0 Å². The van der Waals surface area contributed by atoms with Gasteiger partial charge in [-0.3, -0.25) is 4.98 Å². The largest absolute Gasteiger partial charge is 0.477 e. The second-order valence-corrected chi connectivity index (χ2v) is 11.9. The molecule has 7 rings (SSSR count). The Morgan fingerprint density at radius 3 is 2.33 bits per heavy atom. The predicted molar refractivity (Wildman–Crippen MR) is 139 cm³/mol. The first-order chi connectivity index (χ1) is 19.1. The Bertz CT molecular complexity index is 1440. The van der Waals surface area contributed by atoms with Gasteiger partial charge in [-0.2, -0.15) is 18.4 Å². The fourth-order valence-corrected chi connectivity index (χ4v) is 6.45. The smallest absolute Gasteiger partial charge is 0.421 e. The van der Waals surface area contributed by atoms with E-state index in [1.165, 1.54) is 12.4 Å². The summed E-state index contributed by atoms with van der Waals surface area (Å²) < 4.78 is 58.7. The molecule has 4 fully saturated rings. The predicted octanol–water partition coefficient (Wildman–Crippen LogP) is 7.89. The van der Waals surface area contributed by atoms with Gasteiger partial charge in [0.2, 0.25) is 5.88 Å². The van der Waals surface area contributed by atoms with Crippen LogP contribution in [0.2, 0.25) is 10.0 Å². The third kappa shape index (κ3) is 5.15. The summed E-state index contributed by atoms with van der Waals surface area (Å²) in [6.07, 6.45) is 6.10. The molecule has 0 aromatic carbocycles. The van der Waals surface area contributed by atoms with E-state index in [0.29, 0.717) is 33.8 Å². The number of nitrogens with zero attached hydrogens (tertiary/aromatic N) is 4. The highest BCUT2D eigenvalue weighted by Crippen LogP contribution is 2.55. The number of rotatable bonds is 8. The minimum Gasteiger partial charge on any atom is -0.477 e. The maximum atomic E-state index is 13.6. The van der Waals surface area contributed by atoms with Crippen molar-refractivity contribution in [2.75, 3.05) is 6.61 Å². The summed E-state index contributed by atoms with van der Waals surface area (Å²) in [7, 11) is 0. The van der Waals surface area contributed by atoms with Gasteiger partial charge < -0.3 is 14.0 Å². The summed E-state index contributed by atoms with van der Waals surface area (Å²) in [5, 5.41) is 14.1. The average Bonchev–Trinajstić information content (AvgIpc) is 3.71. The minimum absolute atomic E-state index is 0.131.